The predicted octanol–water partition coefficient (Wildman–Crippen LogP) is 4.14. The number of aromatic nitrogens is 2. The summed E-state index contributed by atoms with van der Waals surface area (Å²) in [5, 5.41) is 4.17. The summed E-state index contributed by atoms with van der Waals surface area (Å²) in [5.41, 5.74) is 0.675. The molecule has 1 atom stereocenters. The van der Waals surface area contributed by atoms with E-state index in [1.54, 1.807) is 12.1 Å². The van der Waals surface area contributed by atoms with Gasteiger partial charge in [-0.2, -0.15) is 4.98 Å². The number of benzene rings is 1. The Balaban J connectivity index is 1.51. The van der Waals surface area contributed by atoms with Crippen molar-refractivity contribution in [3.8, 4) is 11.5 Å². The second-order valence-electron chi connectivity index (χ2n) is 7.68. The highest BCUT2D eigenvalue weighted by atomic mass is 19.1. The van der Waals surface area contributed by atoms with Crippen LogP contribution in [0.3, 0.4) is 0 Å². The number of nitrogens with zero attached hydrogens (tertiary/aromatic N) is 3. The summed E-state index contributed by atoms with van der Waals surface area (Å²) in [6.07, 6.45) is 6.41. The molecule has 0 spiro atoms. The Morgan fingerprint density at radius 2 is 1.89 bits per heavy atom. The number of amides is 1. The Morgan fingerprint density at radius 3 is 2.68 bits per heavy atom. The van der Waals surface area contributed by atoms with Crippen molar-refractivity contribution in [1.82, 2.24) is 15.0 Å². The minimum Gasteiger partial charge on any atom is -0.381 e. The highest BCUT2D eigenvalue weighted by Gasteiger charge is 2.32. The summed E-state index contributed by atoms with van der Waals surface area (Å²) < 4.78 is 24.0. The average molecular weight is 387 g/mol. The van der Waals surface area contributed by atoms with E-state index in [-0.39, 0.29) is 17.8 Å². The number of carbonyl (C=O) groups excluding carboxylic acids is 1. The summed E-state index contributed by atoms with van der Waals surface area (Å²) >= 11 is 0. The minimum atomic E-state index is -0.308. The molecular weight excluding hydrogens is 361 g/mol. The molecule has 0 unspecified atom stereocenters. The van der Waals surface area contributed by atoms with E-state index in [9.17, 15) is 9.18 Å². The topological polar surface area (TPSA) is 68.5 Å². The van der Waals surface area contributed by atoms with Crippen molar-refractivity contribution < 1.29 is 18.4 Å². The maximum Gasteiger partial charge on any atom is 0.258 e. The zero-order valence-corrected chi connectivity index (χ0v) is 16.0. The highest BCUT2D eigenvalue weighted by molar-refractivity contribution is 5.77. The molecule has 0 N–H and O–H groups in total. The van der Waals surface area contributed by atoms with Crippen LogP contribution in [-0.4, -0.2) is 40.7 Å². The van der Waals surface area contributed by atoms with Crippen LogP contribution < -0.4 is 0 Å². The molecule has 7 heteroatoms. The van der Waals surface area contributed by atoms with Crippen LogP contribution in [0.1, 0.15) is 56.8 Å². The van der Waals surface area contributed by atoms with Gasteiger partial charge < -0.3 is 14.2 Å². The molecule has 0 saturated carbocycles. The first kappa shape index (κ1) is 19.1. The lowest BCUT2D eigenvalue weighted by Gasteiger charge is -2.30. The maximum atomic E-state index is 13.2. The third-order valence-electron chi connectivity index (χ3n) is 5.71. The molecular formula is C21H26FN3O3. The van der Waals surface area contributed by atoms with Crippen LogP contribution in [-0.2, 0) is 9.53 Å². The maximum absolute atomic E-state index is 13.2. The summed E-state index contributed by atoms with van der Waals surface area (Å²) in [6, 6.07) is 5.82. The largest absolute Gasteiger partial charge is 0.381 e. The third-order valence-corrected chi connectivity index (χ3v) is 5.71. The normalized spacial score (nSPS) is 21.5. The molecule has 0 bridgehead atoms. The van der Waals surface area contributed by atoms with Gasteiger partial charge in [0.05, 0.1) is 6.04 Å². The Labute approximate surface area is 164 Å². The smallest absolute Gasteiger partial charge is 0.258 e. The molecule has 0 radical (unpaired) electrons. The van der Waals surface area contributed by atoms with Crippen molar-refractivity contribution in [3.05, 3.63) is 35.9 Å². The molecule has 3 heterocycles. The van der Waals surface area contributed by atoms with Crippen LogP contribution in [0.4, 0.5) is 4.39 Å². The average Bonchev–Trinajstić information content (AvgIpc) is 3.06. The lowest BCUT2D eigenvalue weighted by atomic mass is 9.95. The van der Waals surface area contributed by atoms with Gasteiger partial charge in [0.15, 0.2) is 5.82 Å². The van der Waals surface area contributed by atoms with Gasteiger partial charge in [-0.3, -0.25) is 4.79 Å². The van der Waals surface area contributed by atoms with Gasteiger partial charge in [0.25, 0.3) is 5.89 Å². The first-order valence-corrected chi connectivity index (χ1v) is 10.2. The quantitative estimate of drug-likeness (QED) is 0.789. The molecule has 2 saturated heterocycles. The Kier molecular flexibility index (Phi) is 6.00. The van der Waals surface area contributed by atoms with Crippen LogP contribution in [0.25, 0.3) is 11.5 Å². The van der Waals surface area contributed by atoms with Gasteiger partial charge in [-0.15, -0.1) is 0 Å². The second-order valence-corrected chi connectivity index (χ2v) is 7.68. The van der Waals surface area contributed by atoms with Gasteiger partial charge in [0.1, 0.15) is 5.82 Å². The van der Waals surface area contributed by atoms with E-state index < -0.39 is 0 Å². The van der Waals surface area contributed by atoms with E-state index in [4.69, 9.17) is 9.26 Å². The summed E-state index contributed by atoms with van der Waals surface area (Å²) in [6.45, 7) is 2.22. The van der Waals surface area contributed by atoms with Crippen molar-refractivity contribution in [1.29, 1.82) is 0 Å². The Bertz CT molecular complexity index is 786. The fraction of sp³-hybridized carbons (Fsp3) is 0.571. The SMILES string of the molecule is O=C(CC1CCOCC1)N1CCCCC[C@@H]1c1noc(-c2ccc(F)cc2)n1. The van der Waals surface area contributed by atoms with Crippen LogP contribution in [0.5, 0.6) is 0 Å². The van der Waals surface area contributed by atoms with Crippen molar-refractivity contribution in [2.45, 2.75) is 51.0 Å². The number of ether oxygens (including phenoxy) is 1. The number of halogens is 1. The summed E-state index contributed by atoms with van der Waals surface area (Å²) in [7, 11) is 0. The fourth-order valence-corrected chi connectivity index (χ4v) is 4.07. The van der Waals surface area contributed by atoms with E-state index in [1.807, 2.05) is 4.90 Å². The van der Waals surface area contributed by atoms with Gasteiger partial charge in [0.2, 0.25) is 5.91 Å². The zero-order valence-electron chi connectivity index (χ0n) is 16.0. The minimum absolute atomic E-state index is 0.159. The van der Waals surface area contributed by atoms with Gasteiger partial charge in [0, 0.05) is 31.7 Å². The lowest BCUT2D eigenvalue weighted by Crippen LogP contribution is -2.37. The number of hydrogen-bond acceptors (Lipinski definition) is 5. The van der Waals surface area contributed by atoms with Crippen LogP contribution in [0.2, 0.25) is 0 Å². The van der Waals surface area contributed by atoms with E-state index in [0.29, 0.717) is 29.6 Å². The van der Waals surface area contributed by atoms with Crippen LogP contribution in [0, 0.1) is 11.7 Å². The van der Waals surface area contributed by atoms with Gasteiger partial charge in [-0.05, 0) is 55.9 Å². The summed E-state index contributed by atoms with van der Waals surface area (Å²) in [4.78, 5) is 19.6. The molecule has 4 rings (SSSR count). The molecule has 150 valence electrons. The van der Waals surface area contributed by atoms with Crippen molar-refractivity contribution >= 4 is 5.91 Å². The van der Waals surface area contributed by atoms with Gasteiger partial charge in [-0.25, -0.2) is 4.39 Å². The van der Waals surface area contributed by atoms with Crippen LogP contribution >= 0.6 is 0 Å². The van der Waals surface area contributed by atoms with Gasteiger partial charge in [-0.1, -0.05) is 18.0 Å². The Morgan fingerprint density at radius 1 is 1.11 bits per heavy atom. The number of rotatable bonds is 4. The number of hydrogen-bond donors (Lipinski definition) is 0. The monoisotopic (exact) mass is 387 g/mol. The van der Waals surface area contributed by atoms with E-state index in [2.05, 4.69) is 10.1 Å². The Hall–Kier alpha value is -2.28. The highest BCUT2D eigenvalue weighted by Crippen LogP contribution is 2.32. The lowest BCUT2D eigenvalue weighted by molar-refractivity contribution is -0.135. The molecule has 1 aromatic heterocycles. The van der Waals surface area contributed by atoms with Crippen LogP contribution in [0.15, 0.2) is 28.8 Å². The van der Waals surface area contributed by atoms with E-state index in [0.717, 1.165) is 58.3 Å². The predicted molar refractivity (Wildman–Crippen MR) is 101 cm³/mol. The molecule has 2 aliphatic rings. The third kappa shape index (κ3) is 4.41. The molecule has 28 heavy (non-hydrogen) atoms. The molecule has 2 fully saturated rings. The van der Waals surface area contributed by atoms with Gasteiger partial charge >= 0.3 is 0 Å². The number of likely N-dealkylation sites (tertiary alicyclic amines) is 1. The van der Waals surface area contributed by atoms with Crippen molar-refractivity contribution in [2.75, 3.05) is 19.8 Å². The van der Waals surface area contributed by atoms with Crippen molar-refractivity contribution in [2.24, 2.45) is 5.92 Å². The molecule has 6 nitrogen and oxygen atoms in total. The molecule has 2 aliphatic heterocycles. The van der Waals surface area contributed by atoms with Crippen molar-refractivity contribution in [3.63, 3.8) is 0 Å². The van der Waals surface area contributed by atoms with E-state index in [1.165, 1.54) is 12.1 Å². The molecule has 1 aromatic carbocycles. The summed E-state index contributed by atoms with van der Waals surface area (Å²) in [5.74, 6) is 1.16. The number of carbonyl (C=O) groups is 1. The first-order chi connectivity index (χ1) is 13.7. The first-order valence-electron chi connectivity index (χ1n) is 10.2. The molecule has 1 amide bonds. The fourth-order valence-electron chi connectivity index (χ4n) is 4.07. The standard InChI is InChI=1S/C21H26FN3O3/c22-17-7-5-16(6-8-17)21-23-20(24-28-21)18-4-2-1-3-11-25(18)19(26)14-15-9-12-27-13-10-15/h5-8,15,18H,1-4,9-14H2/t18-/m1/s1. The zero-order chi connectivity index (χ0) is 19.3. The molecule has 0 aliphatic carbocycles. The second kappa shape index (κ2) is 8.82. The van der Waals surface area contributed by atoms with E-state index >= 15 is 0 Å². The molecule has 2 aromatic rings.